The molecule has 2 aromatic carbocycles. The van der Waals surface area contributed by atoms with Crippen molar-refractivity contribution in [1.29, 1.82) is 0 Å². The van der Waals surface area contributed by atoms with E-state index in [-0.39, 0.29) is 5.91 Å². The highest BCUT2D eigenvalue weighted by Crippen LogP contribution is 2.37. The van der Waals surface area contributed by atoms with E-state index in [1.807, 2.05) is 25.1 Å². The first-order valence-corrected chi connectivity index (χ1v) is 8.57. The Morgan fingerprint density at radius 2 is 1.91 bits per heavy atom. The van der Waals surface area contributed by atoms with Gasteiger partial charge >= 0.3 is 0 Å². The van der Waals surface area contributed by atoms with Gasteiger partial charge in [0.1, 0.15) is 10.6 Å². The van der Waals surface area contributed by atoms with Crippen molar-refractivity contribution in [3.05, 3.63) is 57.4 Å². The Kier molecular flexibility index (Phi) is 4.76. The third-order valence-corrected chi connectivity index (χ3v) is 5.11. The molecule has 1 heterocycles. The summed E-state index contributed by atoms with van der Waals surface area (Å²) in [6, 6.07) is 12.6. The SMILES string of the molecule is CCOc1ccc(NC(=O)c2sc3cc(Cl)ccc3c2Cl)cc1. The maximum Gasteiger partial charge on any atom is 0.267 e. The molecule has 3 nitrogen and oxygen atoms in total. The van der Waals surface area contributed by atoms with Crippen LogP contribution < -0.4 is 10.1 Å². The molecule has 0 bridgehead atoms. The molecule has 0 atom stereocenters. The minimum absolute atomic E-state index is 0.239. The molecule has 0 saturated carbocycles. The number of ether oxygens (including phenoxy) is 1. The molecule has 1 N–H and O–H groups in total. The van der Waals surface area contributed by atoms with Crippen molar-refractivity contribution >= 4 is 56.2 Å². The molecule has 0 unspecified atom stereocenters. The molecule has 0 spiro atoms. The first-order chi connectivity index (χ1) is 11.1. The van der Waals surface area contributed by atoms with Gasteiger partial charge < -0.3 is 10.1 Å². The summed E-state index contributed by atoms with van der Waals surface area (Å²) in [5, 5.41) is 4.74. The molecule has 0 aliphatic carbocycles. The van der Waals surface area contributed by atoms with Crippen LogP contribution in [0.1, 0.15) is 16.6 Å². The fourth-order valence-corrected chi connectivity index (χ4v) is 3.86. The molecule has 0 saturated heterocycles. The molecule has 1 aromatic heterocycles. The molecule has 6 heteroatoms. The quantitative estimate of drug-likeness (QED) is 0.628. The maximum atomic E-state index is 12.5. The molecule has 3 rings (SSSR count). The van der Waals surface area contributed by atoms with E-state index in [1.165, 1.54) is 11.3 Å². The summed E-state index contributed by atoms with van der Waals surface area (Å²) in [7, 11) is 0. The summed E-state index contributed by atoms with van der Waals surface area (Å²) >= 11 is 13.6. The van der Waals surface area contributed by atoms with Crippen molar-refractivity contribution in [3.63, 3.8) is 0 Å². The van der Waals surface area contributed by atoms with Crippen molar-refractivity contribution in [2.75, 3.05) is 11.9 Å². The Balaban J connectivity index is 1.84. The van der Waals surface area contributed by atoms with Crippen LogP contribution in [0.15, 0.2) is 42.5 Å². The summed E-state index contributed by atoms with van der Waals surface area (Å²) in [6.45, 7) is 2.52. The zero-order chi connectivity index (χ0) is 16.4. The lowest BCUT2D eigenvalue weighted by molar-refractivity contribution is 0.103. The Labute approximate surface area is 147 Å². The van der Waals surface area contributed by atoms with Crippen LogP contribution in [0.3, 0.4) is 0 Å². The number of benzene rings is 2. The van der Waals surface area contributed by atoms with Gasteiger partial charge in [-0.3, -0.25) is 4.79 Å². The normalized spacial score (nSPS) is 10.7. The molecular formula is C17H13Cl2NO2S. The minimum atomic E-state index is -0.239. The van der Waals surface area contributed by atoms with E-state index in [0.717, 1.165) is 15.8 Å². The number of rotatable bonds is 4. The van der Waals surface area contributed by atoms with Gasteiger partial charge in [0.25, 0.3) is 5.91 Å². The second-order valence-electron chi connectivity index (χ2n) is 4.80. The van der Waals surface area contributed by atoms with Crippen molar-refractivity contribution < 1.29 is 9.53 Å². The first-order valence-electron chi connectivity index (χ1n) is 7.00. The van der Waals surface area contributed by atoms with Gasteiger partial charge in [-0.15, -0.1) is 11.3 Å². The number of carbonyl (C=O) groups excluding carboxylic acids is 1. The lowest BCUT2D eigenvalue weighted by Crippen LogP contribution is -2.10. The Bertz CT molecular complexity index is 859. The Hall–Kier alpha value is -1.75. The molecule has 0 fully saturated rings. The second-order valence-corrected chi connectivity index (χ2v) is 6.66. The highest BCUT2D eigenvalue weighted by atomic mass is 35.5. The predicted octanol–water partition coefficient (Wildman–Crippen LogP) is 5.86. The lowest BCUT2D eigenvalue weighted by Gasteiger charge is -2.06. The number of nitrogens with one attached hydrogen (secondary N) is 1. The number of anilines is 1. The van der Waals surface area contributed by atoms with Gasteiger partial charge in [0.2, 0.25) is 0 Å². The standard InChI is InChI=1S/C17H13Cl2NO2S/c1-2-22-12-6-4-11(5-7-12)20-17(21)16-15(19)13-8-3-10(18)9-14(13)23-16/h3-9H,2H2,1H3,(H,20,21). The Morgan fingerprint density at radius 1 is 1.17 bits per heavy atom. The van der Waals surface area contributed by atoms with E-state index >= 15 is 0 Å². The van der Waals surface area contributed by atoms with E-state index in [4.69, 9.17) is 27.9 Å². The van der Waals surface area contributed by atoms with Crippen molar-refractivity contribution in [3.8, 4) is 5.75 Å². The average molecular weight is 366 g/mol. The zero-order valence-electron chi connectivity index (χ0n) is 12.2. The number of carbonyl (C=O) groups is 1. The zero-order valence-corrected chi connectivity index (χ0v) is 14.6. The van der Waals surface area contributed by atoms with Crippen LogP contribution in [0.5, 0.6) is 5.75 Å². The topological polar surface area (TPSA) is 38.3 Å². The number of hydrogen-bond acceptors (Lipinski definition) is 3. The largest absolute Gasteiger partial charge is 0.494 e. The molecule has 0 aliphatic heterocycles. The van der Waals surface area contributed by atoms with Gasteiger partial charge in [0, 0.05) is 20.8 Å². The fourth-order valence-electron chi connectivity index (χ4n) is 2.17. The number of halogens is 2. The third-order valence-electron chi connectivity index (χ3n) is 3.22. The van der Waals surface area contributed by atoms with Crippen LogP contribution in [0, 0.1) is 0 Å². The van der Waals surface area contributed by atoms with Crippen molar-refractivity contribution in [2.24, 2.45) is 0 Å². The molecule has 118 valence electrons. The molecular weight excluding hydrogens is 353 g/mol. The second kappa shape index (κ2) is 6.79. The smallest absolute Gasteiger partial charge is 0.267 e. The molecule has 0 radical (unpaired) electrons. The van der Waals surface area contributed by atoms with Crippen LogP contribution in [0.4, 0.5) is 5.69 Å². The maximum absolute atomic E-state index is 12.5. The van der Waals surface area contributed by atoms with E-state index in [0.29, 0.717) is 27.2 Å². The number of amides is 1. The summed E-state index contributed by atoms with van der Waals surface area (Å²) < 4.78 is 6.26. The average Bonchev–Trinajstić information content (AvgIpc) is 2.86. The molecule has 0 aliphatic rings. The minimum Gasteiger partial charge on any atom is -0.494 e. The number of thiophene rings is 1. The van der Waals surface area contributed by atoms with Crippen LogP contribution in [0.25, 0.3) is 10.1 Å². The molecule has 23 heavy (non-hydrogen) atoms. The van der Waals surface area contributed by atoms with Crippen LogP contribution in [-0.4, -0.2) is 12.5 Å². The summed E-state index contributed by atoms with van der Waals surface area (Å²) in [4.78, 5) is 12.9. The van der Waals surface area contributed by atoms with Gasteiger partial charge in [0.05, 0.1) is 11.6 Å². The van der Waals surface area contributed by atoms with E-state index in [1.54, 1.807) is 24.3 Å². The first kappa shape index (κ1) is 16.1. The van der Waals surface area contributed by atoms with E-state index in [9.17, 15) is 4.79 Å². The van der Waals surface area contributed by atoms with Crippen LogP contribution >= 0.6 is 34.5 Å². The number of fused-ring (bicyclic) bond motifs is 1. The number of hydrogen-bond donors (Lipinski definition) is 1. The van der Waals surface area contributed by atoms with E-state index in [2.05, 4.69) is 5.32 Å². The van der Waals surface area contributed by atoms with Gasteiger partial charge in [-0.2, -0.15) is 0 Å². The van der Waals surface area contributed by atoms with Gasteiger partial charge in [-0.25, -0.2) is 0 Å². The molecule has 3 aromatic rings. The highest BCUT2D eigenvalue weighted by molar-refractivity contribution is 7.21. The van der Waals surface area contributed by atoms with Crippen LogP contribution in [0.2, 0.25) is 10.0 Å². The summed E-state index contributed by atoms with van der Waals surface area (Å²) in [5.74, 6) is 0.525. The van der Waals surface area contributed by atoms with Gasteiger partial charge in [-0.1, -0.05) is 29.3 Å². The van der Waals surface area contributed by atoms with Crippen LogP contribution in [-0.2, 0) is 0 Å². The van der Waals surface area contributed by atoms with Crippen molar-refractivity contribution in [1.82, 2.24) is 0 Å². The Morgan fingerprint density at radius 3 is 2.61 bits per heavy atom. The third kappa shape index (κ3) is 3.44. The predicted molar refractivity (Wildman–Crippen MR) is 97.4 cm³/mol. The van der Waals surface area contributed by atoms with E-state index < -0.39 is 0 Å². The van der Waals surface area contributed by atoms with Gasteiger partial charge in [0.15, 0.2) is 0 Å². The summed E-state index contributed by atoms with van der Waals surface area (Å²) in [5.41, 5.74) is 0.685. The monoisotopic (exact) mass is 365 g/mol. The fraction of sp³-hybridized carbons (Fsp3) is 0.118. The van der Waals surface area contributed by atoms with Crippen molar-refractivity contribution in [2.45, 2.75) is 6.92 Å². The highest BCUT2D eigenvalue weighted by Gasteiger charge is 2.17. The lowest BCUT2D eigenvalue weighted by atomic mass is 10.2. The molecule has 1 amide bonds. The summed E-state index contributed by atoms with van der Waals surface area (Å²) in [6.07, 6.45) is 0. The van der Waals surface area contributed by atoms with Gasteiger partial charge in [-0.05, 0) is 43.3 Å².